The number of carbonyl (C=O) groups excluding carboxylic acids is 2. The Morgan fingerprint density at radius 1 is 1.22 bits per heavy atom. The number of nitrogens with two attached hydrogens (primary N) is 1. The Balaban J connectivity index is 0. The number of primary amides is 1. The van der Waals surface area contributed by atoms with E-state index >= 15 is 0 Å². The third kappa shape index (κ3) is 7.87. The smallest absolute Gasteiger partial charge is 0.243 e. The van der Waals surface area contributed by atoms with Gasteiger partial charge in [-0.15, -0.1) is 0 Å². The highest BCUT2D eigenvalue weighted by atomic mass is 16.4. The molecule has 0 spiro atoms. The molecule has 0 heterocycles. The number of amides is 1. The molecule has 0 aromatic rings. The lowest BCUT2D eigenvalue weighted by Gasteiger charge is -2.19. The van der Waals surface area contributed by atoms with Gasteiger partial charge in [0.2, 0.25) is 5.91 Å². The van der Waals surface area contributed by atoms with Crippen LogP contribution in [0.1, 0.15) is 6.92 Å². The number of hydrogen-bond donors (Lipinski definition) is 6. The predicted molar refractivity (Wildman–Crippen MR) is 61.2 cm³/mol. The Kier molecular flexibility index (Phi) is 10.2. The lowest BCUT2D eigenvalue weighted by atomic mass is 10.1. The first kappa shape index (κ1) is 19.0. The van der Waals surface area contributed by atoms with Gasteiger partial charge in [-0.05, 0) is 6.92 Å². The summed E-state index contributed by atoms with van der Waals surface area (Å²) in [5.41, 5.74) is 5.09. The van der Waals surface area contributed by atoms with Gasteiger partial charge < -0.3 is 31.3 Å². The van der Waals surface area contributed by atoms with Crippen LogP contribution in [-0.4, -0.2) is 68.7 Å². The first-order chi connectivity index (χ1) is 8.18. The van der Waals surface area contributed by atoms with Gasteiger partial charge in [-0.1, -0.05) is 6.58 Å². The summed E-state index contributed by atoms with van der Waals surface area (Å²) < 4.78 is 0. The van der Waals surface area contributed by atoms with E-state index in [0.717, 1.165) is 0 Å². The summed E-state index contributed by atoms with van der Waals surface area (Å²) >= 11 is 0. The molecule has 106 valence electrons. The van der Waals surface area contributed by atoms with Crippen molar-refractivity contribution in [1.82, 2.24) is 0 Å². The lowest BCUT2D eigenvalue weighted by Crippen LogP contribution is -2.44. The summed E-state index contributed by atoms with van der Waals surface area (Å²) in [6.07, 6.45) is -5.22. The van der Waals surface area contributed by atoms with Crippen molar-refractivity contribution in [1.29, 1.82) is 0 Å². The van der Waals surface area contributed by atoms with E-state index in [0.29, 0.717) is 5.57 Å². The number of aliphatic hydroxyl groups excluding tert-OH is 5. The summed E-state index contributed by atoms with van der Waals surface area (Å²) in [6.45, 7) is 3.16. The number of hydrogen-bond acceptors (Lipinski definition) is 7. The largest absolute Gasteiger partial charge is 0.394 e. The Labute approximate surface area is 104 Å². The summed E-state index contributed by atoms with van der Waals surface area (Å²) in [6, 6.07) is 0. The molecule has 0 saturated carbocycles. The van der Waals surface area contributed by atoms with Crippen molar-refractivity contribution >= 4 is 11.7 Å². The van der Waals surface area contributed by atoms with Crippen LogP contribution >= 0.6 is 0 Å². The predicted octanol–water partition coefficient (Wildman–Crippen LogP) is -3.33. The zero-order valence-electron chi connectivity index (χ0n) is 9.98. The maximum Gasteiger partial charge on any atom is 0.243 e. The monoisotopic (exact) mass is 265 g/mol. The lowest BCUT2D eigenvalue weighted by molar-refractivity contribution is -0.142. The van der Waals surface area contributed by atoms with Gasteiger partial charge in [-0.25, -0.2) is 0 Å². The highest BCUT2D eigenvalue weighted by molar-refractivity contribution is 5.90. The van der Waals surface area contributed by atoms with Crippen LogP contribution in [0.3, 0.4) is 0 Å². The fraction of sp³-hybridized carbons (Fsp3) is 0.600. The van der Waals surface area contributed by atoms with Crippen LogP contribution in [0.25, 0.3) is 0 Å². The number of Topliss-reactive ketones (excluding diaryl/α,β-unsaturated/α-hetero) is 1. The zero-order chi connectivity index (χ0) is 14.9. The molecule has 0 saturated heterocycles. The van der Waals surface area contributed by atoms with Gasteiger partial charge in [-0.3, -0.25) is 9.59 Å². The summed E-state index contributed by atoms with van der Waals surface area (Å²) in [7, 11) is 0. The van der Waals surface area contributed by atoms with Crippen molar-refractivity contribution in [2.75, 3.05) is 13.2 Å². The first-order valence-electron chi connectivity index (χ1n) is 4.92. The molecule has 0 fully saturated rings. The Hall–Kier alpha value is -1.32. The molecule has 0 aromatic carbocycles. The topological polar surface area (TPSA) is 161 Å². The molecule has 3 atom stereocenters. The third-order valence-corrected chi connectivity index (χ3v) is 1.81. The van der Waals surface area contributed by atoms with Crippen LogP contribution in [-0.2, 0) is 9.59 Å². The molecule has 0 aliphatic carbocycles. The highest BCUT2D eigenvalue weighted by Crippen LogP contribution is 2.00. The molecule has 0 bridgehead atoms. The zero-order valence-corrected chi connectivity index (χ0v) is 9.98. The van der Waals surface area contributed by atoms with E-state index in [2.05, 4.69) is 6.58 Å². The fourth-order valence-electron chi connectivity index (χ4n) is 0.602. The van der Waals surface area contributed by atoms with Gasteiger partial charge in [0.25, 0.3) is 0 Å². The van der Waals surface area contributed by atoms with Crippen LogP contribution in [0.4, 0.5) is 0 Å². The molecule has 7 N–H and O–H groups in total. The number of rotatable bonds is 6. The minimum atomic E-state index is -1.86. The number of carbonyl (C=O) groups is 2. The molecule has 0 radical (unpaired) electrons. The molecule has 0 unspecified atom stereocenters. The van der Waals surface area contributed by atoms with Crippen molar-refractivity contribution in [3.05, 3.63) is 12.2 Å². The Morgan fingerprint density at radius 2 is 1.61 bits per heavy atom. The van der Waals surface area contributed by atoms with Gasteiger partial charge in [0.1, 0.15) is 24.9 Å². The van der Waals surface area contributed by atoms with Crippen molar-refractivity contribution in [3.63, 3.8) is 0 Å². The summed E-state index contributed by atoms with van der Waals surface area (Å²) in [5, 5.41) is 43.1. The van der Waals surface area contributed by atoms with Crippen LogP contribution in [0.15, 0.2) is 12.2 Å². The van der Waals surface area contributed by atoms with Crippen molar-refractivity contribution in [2.45, 2.75) is 25.2 Å². The van der Waals surface area contributed by atoms with E-state index in [-0.39, 0.29) is 0 Å². The van der Waals surface area contributed by atoms with Crippen LogP contribution in [0.2, 0.25) is 0 Å². The molecule has 18 heavy (non-hydrogen) atoms. The minimum absolute atomic E-state index is 0.398. The number of ketones is 1. The quantitative estimate of drug-likeness (QED) is 0.274. The van der Waals surface area contributed by atoms with Crippen LogP contribution in [0, 0.1) is 0 Å². The van der Waals surface area contributed by atoms with Crippen LogP contribution < -0.4 is 5.73 Å². The van der Waals surface area contributed by atoms with E-state index in [9.17, 15) is 9.59 Å². The molecule has 0 aliphatic rings. The van der Waals surface area contributed by atoms with Gasteiger partial charge in [0.15, 0.2) is 5.78 Å². The summed E-state index contributed by atoms with van der Waals surface area (Å²) in [5.74, 6) is -1.44. The molecule has 8 heteroatoms. The van der Waals surface area contributed by atoms with Crippen LogP contribution in [0.5, 0.6) is 0 Å². The Bertz CT molecular complexity index is 280. The second-order valence-electron chi connectivity index (χ2n) is 3.45. The molecule has 1 amide bonds. The molecular formula is C10H19NO7. The maximum absolute atomic E-state index is 10.5. The van der Waals surface area contributed by atoms with Crippen molar-refractivity contribution in [2.24, 2.45) is 5.73 Å². The average molecular weight is 265 g/mol. The van der Waals surface area contributed by atoms with Gasteiger partial charge in [0, 0.05) is 5.57 Å². The third-order valence-electron chi connectivity index (χ3n) is 1.81. The maximum atomic E-state index is 10.5. The molecule has 0 aromatic heterocycles. The van der Waals surface area contributed by atoms with E-state index in [1.807, 2.05) is 0 Å². The molecule has 0 rings (SSSR count). The first-order valence-corrected chi connectivity index (χ1v) is 4.92. The molecular weight excluding hydrogens is 246 g/mol. The second kappa shape index (κ2) is 9.68. The van der Waals surface area contributed by atoms with E-state index in [4.69, 9.17) is 31.3 Å². The van der Waals surface area contributed by atoms with E-state index in [1.54, 1.807) is 6.92 Å². The van der Waals surface area contributed by atoms with Gasteiger partial charge >= 0.3 is 0 Å². The van der Waals surface area contributed by atoms with Crippen molar-refractivity contribution < 1.29 is 35.1 Å². The Morgan fingerprint density at radius 3 is 1.83 bits per heavy atom. The second-order valence-corrected chi connectivity index (χ2v) is 3.45. The normalized spacial score (nSPS) is 14.8. The molecule has 8 nitrogen and oxygen atoms in total. The van der Waals surface area contributed by atoms with Gasteiger partial charge in [-0.2, -0.15) is 0 Å². The van der Waals surface area contributed by atoms with E-state index < -0.39 is 43.2 Å². The standard InChI is InChI=1S/C6H12O6.C4H7NO/c7-1-3(9)5(11)6(12)4(10)2-8;1-3(2)4(5)6/h3,5-9,11-12H,1-2H2;1H2,2H3,(H2,5,6)/t3-,5+,6+;/m1./s1. The summed E-state index contributed by atoms with van der Waals surface area (Å²) in [4.78, 5) is 20.3. The highest BCUT2D eigenvalue weighted by Gasteiger charge is 2.28. The number of aliphatic hydroxyl groups is 5. The van der Waals surface area contributed by atoms with E-state index in [1.165, 1.54) is 0 Å². The minimum Gasteiger partial charge on any atom is -0.394 e. The SMILES string of the molecule is C=C(C)C(N)=O.O=C(CO)[C@H](O)[C@@H](O)[C@H](O)CO. The fourth-order valence-corrected chi connectivity index (χ4v) is 0.602. The van der Waals surface area contributed by atoms with Gasteiger partial charge in [0.05, 0.1) is 6.61 Å². The van der Waals surface area contributed by atoms with Crippen molar-refractivity contribution in [3.8, 4) is 0 Å². The average Bonchev–Trinajstić information content (AvgIpc) is 2.35. The molecule has 0 aliphatic heterocycles.